The fraction of sp³-hybridized carbons (Fsp3) is 0.611. The molecule has 1 aliphatic rings. The number of unbranched alkanes of at least 4 members (excludes halogenated alkanes) is 1. The van der Waals surface area contributed by atoms with E-state index in [9.17, 15) is 9.59 Å². The van der Waals surface area contributed by atoms with Crippen LogP contribution in [0.15, 0.2) is 54.6 Å². The summed E-state index contributed by atoms with van der Waals surface area (Å²) in [4.78, 5) is 25.8. The highest BCUT2D eigenvalue weighted by atomic mass is 35.5. The first kappa shape index (κ1) is 34.9. The van der Waals surface area contributed by atoms with Crippen LogP contribution in [0.2, 0.25) is 5.02 Å². The Morgan fingerprint density at radius 3 is 1.98 bits per heavy atom. The maximum absolute atomic E-state index is 13.9. The van der Waals surface area contributed by atoms with Crippen molar-refractivity contribution in [1.82, 2.24) is 5.32 Å². The van der Waals surface area contributed by atoms with Crippen molar-refractivity contribution < 1.29 is 19.1 Å². The SMILES string of the molecule is CC(C)(C)OC(=O)NCCCCC(N)C(=O)OC(c1ccccc1)(c1ccccc1Cl)C1CCCCCCCCCCC1. The fourth-order valence-electron chi connectivity index (χ4n) is 6.17. The summed E-state index contributed by atoms with van der Waals surface area (Å²) in [6, 6.07) is 17.1. The molecular formula is C36H53ClN2O4. The molecule has 2 aromatic rings. The van der Waals surface area contributed by atoms with Gasteiger partial charge in [-0.25, -0.2) is 4.79 Å². The van der Waals surface area contributed by atoms with Crippen LogP contribution in [0.25, 0.3) is 0 Å². The monoisotopic (exact) mass is 612 g/mol. The molecule has 0 aromatic heterocycles. The first-order valence-corrected chi connectivity index (χ1v) is 16.8. The van der Waals surface area contributed by atoms with Crippen molar-refractivity contribution in [2.24, 2.45) is 11.7 Å². The van der Waals surface area contributed by atoms with E-state index in [1.54, 1.807) is 0 Å². The second kappa shape index (κ2) is 17.7. The molecule has 1 amide bonds. The van der Waals surface area contributed by atoms with E-state index in [0.717, 1.165) is 36.8 Å². The molecule has 0 spiro atoms. The summed E-state index contributed by atoms with van der Waals surface area (Å²) in [5, 5.41) is 3.36. The lowest BCUT2D eigenvalue weighted by Gasteiger charge is -2.42. The minimum Gasteiger partial charge on any atom is -0.448 e. The average molecular weight is 613 g/mol. The number of benzene rings is 2. The Hall–Kier alpha value is -2.57. The predicted octanol–water partition coefficient (Wildman–Crippen LogP) is 9.07. The Balaban J connectivity index is 1.84. The summed E-state index contributed by atoms with van der Waals surface area (Å²) < 4.78 is 12.0. The molecule has 43 heavy (non-hydrogen) atoms. The van der Waals surface area contributed by atoms with Crippen molar-refractivity contribution in [3.63, 3.8) is 0 Å². The molecule has 0 saturated heterocycles. The first-order chi connectivity index (χ1) is 20.6. The normalized spacial score (nSPS) is 17.9. The summed E-state index contributed by atoms with van der Waals surface area (Å²) in [5.41, 5.74) is 6.66. The van der Waals surface area contributed by atoms with Gasteiger partial charge in [-0.15, -0.1) is 0 Å². The van der Waals surface area contributed by atoms with Gasteiger partial charge < -0.3 is 20.5 Å². The quantitative estimate of drug-likeness (QED) is 0.206. The van der Waals surface area contributed by atoms with Crippen LogP contribution < -0.4 is 11.1 Å². The van der Waals surface area contributed by atoms with E-state index in [1.165, 1.54) is 44.9 Å². The number of carbonyl (C=O) groups excluding carboxylic acids is 2. The third kappa shape index (κ3) is 11.1. The number of hydrogen-bond donors (Lipinski definition) is 2. The van der Waals surface area contributed by atoms with E-state index in [1.807, 2.05) is 63.2 Å². The number of ether oxygens (including phenoxy) is 2. The largest absolute Gasteiger partial charge is 0.448 e. The van der Waals surface area contributed by atoms with Gasteiger partial charge in [0.15, 0.2) is 5.60 Å². The van der Waals surface area contributed by atoms with Gasteiger partial charge in [-0.2, -0.15) is 0 Å². The van der Waals surface area contributed by atoms with Crippen LogP contribution >= 0.6 is 11.6 Å². The molecule has 3 rings (SSSR count). The Bertz CT molecular complexity index is 1110. The molecular weight excluding hydrogens is 560 g/mol. The van der Waals surface area contributed by atoms with E-state index in [4.69, 9.17) is 26.8 Å². The van der Waals surface area contributed by atoms with Crippen molar-refractivity contribution in [3.05, 3.63) is 70.7 Å². The molecule has 1 saturated carbocycles. The van der Waals surface area contributed by atoms with Gasteiger partial charge in [-0.1, -0.05) is 118 Å². The van der Waals surface area contributed by atoms with Gasteiger partial charge in [0.25, 0.3) is 0 Å². The number of amides is 1. The smallest absolute Gasteiger partial charge is 0.407 e. The van der Waals surface area contributed by atoms with Gasteiger partial charge in [-0.3, -0.25) is 4.79 Å². The lowest BCUT2D eigenvalue weighted by molar-refractivity contribution is -0.165. The second-order valence-corrected chi connectivity index (χ2v) is 13.4. The Labute approximate surface area is 264 Å². The standard InChI is InChI=1S/C36H53ClN2O4/c1-35(2,3)43-34(41)39-27-19-18-26-32(38)33(40)42-36(29-22-14-11-15-23-29,30-24-16-17-25-31(30)37)28-20-12-9-7-5-4-6-8-10-13-21-28/h11,14-17,22-25,28,32H,4-10,12-13,18-21,26-27,38H2,1-3H3,(H,39,41). The molecule has 0 aliphatic heterocycles. The lowest BCUT2D eigenvalue weighted by Crippen LogP contribution is -2.46. The number of carbonyl (C=O) groups is 2. The molecule has 238 valence electrons. The van der Waals surface area contributed by atoms with Crippen molar-refractivity contribution in [3.8, 4) is 0 Å². The van der Waals surface area contributed by atoms with E-state index in [-0.39, 0.29) is 5.92 Å². The van der Waals surface area contributed by atoms with Crippen LogP contribution in [0.1, 0.15) is 122 Å². The molecule has 0 bridgehead atoms. The molecule has 2 unspecified atom stereocenters. The van der Waals surface area contributed by atoms with Crippen LogP contribution in [0.4, 0.5) is 4.79 Å². The van der Waals surface area contributed by atoms with E-state index in [2.05, 4.69) is 17.4 Å². The maximum atomic E-state index is 13.9. The van der Waals surface area contributed by atoms with Crippen LogP contribution in [-0.2, 0) is 19.9 Å². The zero-order chi connectivity index (χ0) is 31.1. The Morgan fingerprint density at radius 1 is 0.837 bits per heavy atom. The minimum atomic E-state index is -1.04. The van der Waals surface area contributed by atoms with Crippen molar-refractivity contribution >= 4 is 23.7 Å². The van der Waals surface area contributed by atoms with Crippen LogP contribution in [-0.4, -0.2) is 30.3 Å². The Kier molecular flexibility index (Phi) is 14.3. The molecule has 6 nitrogen and oxygen atoms in total. The number of alkyl carbamates (subject to hydrolysis) is 1. The highest BCUT2D eigenvalue weighted by molar-refractivity contribution is 6.31. The molecule has 0 radical (unpaired) electrons. The van der Waals surface area contributed by atoms with E-state index in [0.29, 0.717) is 30.8 Å². The van der Waals surface area contributed by atoms with Gasteiger partial charge in [0.1, 0.15) is 11.6 Å². The maximum Gasteiger partial charge on any atom is 0.407 e. The molecule has 1 aliphatic carbocycles. The summed E-state index contributed by atoms with van der Waals surface area (Å²) in [5.74, 6) is -0.363. The Morgan fingerprint density at radius 2 is 1.40 bits per heavy atom. The third-order valence-electron chi connectivity index (χ3n) is 8.33. The molecule has 7 heteroatoms. The van der Waals surface area contributed by atoms with Gasteiger partial charge >= 0.3 is 12.1 Å². The van der Waals surface area contributed by atoms with Gasteiger partial charge in [0.05, 0.1) is 0 Å². The van der Waals surface area contributed by atoms with E-state index < -0.39 is 29.3 Å². The first-order valence-electron chi connectivity index (χ1n) is 16.4. The van der Waals surface area contributed by atoms with Gasteiger partial charge in [0, 0.05) is 28.6 Å². The third-order valence-corrected chi connectivity index (χ3v) is 8.66. The number of nitrogens with one attached hydrogen (secondary N) is 1. The lowest BCUT2D eigenvalue weighted by atomic mass is 9.71. The van der Waals surface area contributed by atoms with Gasteiger partial charge in [0.2, 0.25) is 0 Å². The van der Waals surface area contributed by atoms with E-state index >= 15 is 0 Å². The van der Waals surface area contributed by atoms with Crippen molar-refractivity contribution in [2.45, 2.75) is 128 Å². The highest BCUT2D eigenvalue weighted by Crippen LogP contribution is 2.48. The molecule has 2 atom stereocenters. The number of nitrogens with two attached hydrogens (primary N) is 1. The fourth-order valence-corrected chi connectivity index (χ4v) is 6.45. The number of rotatable bonds is 10. The molecule has 1 fully saturated rings. The van der Waals surface area contributed by atoms with Crippen LogP contribution in [0.5, 0.6) is 0 Å². The molecule has 3 N–H and O–H groups in total. The van der Waals surface area contributed by atoms with Crippen molar-refractivity contribution in [2.75, 3.05) is 6.54 Å². The van der Waals surface area contributed by atoms with Crippen LogP contribution in [0, 0.1) is 5.92 Å². The summed E-state index contributed by atoms with van der Waals surface area (Å²) in [7, 11) is 0. The summed E-state index contributed by atoms with van der Waals surface area (Å²) in [6.45, 7) is 5.94. The second-order valence-electron chi connectivity index (χ2n) is 13.0. The minimum absolute atomic E-state index is 0.0587. The predicted molar refractivity (Wildman–Crippen MR) is 175 cm³/mol. The molecule has 2 aromatic carbocycles. The number of halogens is 1. The highest BCUT2D eigenvalue weighted by Gasteiger charge is 2.47. The van der Waals surface area contributed by atoms with Crippen LogP contribution in [0.3, 0.4) is 0 Å². The molecule has 0 heterocycles. The summed E-state index contributed by atoms with van der Waals surface area (Å²) in [6.07, 6.45) is 14.1. The topological polar surface area (TPSA) is 90.6 Å². The van der Waals surface area contributed by atoms with Gasteiger partial charge in [-0.05, 0) is 58.9 Å². The number of hydrogen-bond acceptors (Lipinski definition) is 5. The zero-order valence-electron chi connectivity index (χ0n) is 26.5. The summed E-state index contributed by atoms with van der Waals surface area (Å²) >= 11 is 6.94. The average Bonchev–Trinajstić information content (AvgIpc) is 2.96. The van der Waals surface area contributed by atoms with Crippen molar-refractivity contribution in [1.29, 1.82) is 0 Å². The number of esters is 1. The zero-order valence-corrected chi connectivity index (χ0v) is 27.3.